The van der Waals surface area contributed by atoms with Crippen LogP contribution in [0.1, 0.15) is 17.5 Å². The molecule has 1 aliphatic rings. The van der Waals surface area contributed by atoms with Gasteiger partial charge in [-0.3, -0.25) is 9.69 Å². The Balaban J connectivity index is 1.61. The van der Waals surface area contributed by atoms with E-state index in [1.807, 2.05) is 4.90 Å². The summed E-state index contributed by atoms with van der Waals surface area (Å²) in [5, 5.41) is 0. The lowest BCUT2D eigenvalue weighted by Gasteiger charge is -2.38. The molecule has 1 atom stereocenters. The maximum Gasteiger partial charge on any atom is 0.234 e. The van der Waals surface area contributed by atoms with Gasteiger partial charge in [0.05, 0.1) is 6.04 Å². The predicted molar refractivity (Wildman–Crippen MR) is 85.1 cm³/mol. The summed E-state index contributed by atoms with van der Waals surface area (Å²) in [6, 6.07) is 10.3. The van der Waals surface area contributed by atoms with Crippen LogP contribution < -0.4 is 10.5 Å². The number of carbonyl (C=O) groups excluding carboxylic acids is 1. The molecule has 0 bridgehead atoms. The number of primary amides is 1. The number of hydrogen-bond acceptors (Lipinski definition) is 3. The Kier molecular flexibility index (Phi) is 4.76. The second-order valence-electron chi connectivity index (χ2n) is 5.85. The van der Waals surface area contributed by atoms with Gasteiger partial charge in [-0.15, -0.1) is 0 Å². The molecule has 1 amide bonds. The molecule has 1 aliphatic heterocycles. The zero-order valence-electron chi connectivity index (χ0n) is 13.0. The molecule has 1 fully saturated rings. The van der Waals surface area contributed by atoms with Crippen LogP contribution in [0.15, 0.2) is 42.5 Å². The minimum atomic E-state index is -0.401. The summed E-state index contributed by atoms with van der Waals surface area (Å²) in [5.41, 5.74) is 6.44. The fourth-order valence-corrected chi connectivity index (χ4v) is 2.71. The van der Waals surface area contributed by atoms with Crippen LogP contribution in [0.5, 0.6) is 5.75 Å². The Labute approximate surface area is 138 Å². The first-order valence-corrected chi connectivity index (χ1v) is 7.72. The van der Waals surface area contributed by atoms with Gasteiger partial charge in [0.15, 0.2) is 0 Å². The Morgan fingerprint density at radius 3 is 2.71 bits per heavy atom. The Bertz CT molecular complexity index is 752. The molecular formula is C18H18F2N2O2. The van der Waals surface area contributed by atoms with Gasteiger partial charge in [0, 0.05) is 24.7 Å². The van der Waals surface area contributed by atoms with Crippen molar-refractivity contribution in [3.63, 3.8) is 0 Å². The fraction of sp³-hybridized carbons (Fsp3) is 0.278. The quantitative estimate of drug-likeness (QED) is 0.885. The smallest absolute Gasteiger partial charge is 0.234 e. The van der Waals surface area contributed by atoms with Crippen LogP contribution in [0, 0.1) is 11.6 Å². The molecule has 1 heterocycles. The Morgan fingerprint density at radius 2 is 2.08 bits per heavy atom. The number of amides is 1. The molecule has 24 heavy (non-hydrogen) atoms. The van der Waals surface area contributed by atoms with E-state index >= 15 is 0 Å². The van der Waals surface area contributed by atoms with Gasteiger partial charge in [0.25, 0.3) is 0 Å². The number of nitrogens with two attached hydrogens (primary N) is 1. The van der Waals surface area contributed by atoms with Crippen LogP contribution >= 0.6 is 0 Å². The van der Waals surface area contributed by atoms with Crippen molar-refractivity contribution in [3.05, 3.63) is 65.2 Å². The topological polar surface area (TPSA) is 55.6 Å². The maximum absolute atomic E-state index is 14.2. The van der Waals surface area contributed by atoms with Crippen molar-refractivity contribution in [2.75, 3.05) is 6.54 Å². The number of ether oxygens (including phenoxy) is 1. The highest BCUT2D eigenvalue weighted by Crippen LogP contribution is 2.24. The molecule has 0 spiro atoms. The van der Waals surface area contributed by atoms with Gasteiger partial charge in [-0.25, -0.2) is 8.78 Å². The van der Waals surface area contributed by atoms with E-state index in [9.17, 15) is 13.6 Å². The van der Waals surface area contributed by atoms with Crippen molar-refractivity contribution in [2.24, 2.45) is 5.73 Å². The van der Waals surface area contributed by atoms with Crippen LogP contribution in [0.25, 0.3) is 0 Å². The Morgan fingerprint density at radius 1 is 1.25 bits per heavy atom. The van der Waals surface area contributed by atoms with Crippen LogP contribution in [0.4, 0.5) is 8.78 Å². The summed E-state index contributed by atoms with van der Waals surface area (Å²) in [4.78, 5) is 13.0. The molecule has 6 heteroatoms. The second-order valence-corrected chi connectivity index (χ2v) is 5.85. The highest BCUT2D eigenvalue weighted by atomic mass is 19.1. The maximum atomic E-state index is 14.2. The van der Waals surface area contributed by atoms with E-state index in [-0.39, 0.29) is 24.4 Å². The SMILES string of the molecule is NC(=O)[C@@H]1CCN1Cc1ccc(OCc2cccc(F)c2)cc1F. The van der Waals surface area contributed by atoms with Gasteiger partial charge < -0.3 is 10.5 Å². The molecule has 1 saturated heterocycles. The third-order valence-electron chi connectivity index (χ3n) is 4.15. The van der Waals surface area contributed by atoms with Gasteiger partial charge in [-0.05, 0) is 30.2 Å². The van der Waals surface area contributed by atoms with Crippen LogP contribution in [0.2, 0.25) is 0 Å². The monoisotopic (exact) mass is 332 g/mol. The molecule has 0 aliphatic carbocycles. The van der Waals surface area contributed by atoms with E-state index < -0.39 is 5.82 Å². The van der Waals surface area contributed by atoms with Gasteiger partial charge in [0.1, 0.15) is 24.0 Å². The molecule has 0 saturated carbocycles. The highest BCUT2D eigenvalue weighted by molar-refractivity contribution is 5.80. The Hall–Kier alpha value is -2.47. The molecule has 3 rings (SSSR count). The normalized spacial score (nSPS) is 17.3. The first-order valence-electron chi connectivity index (χ1n) is 7.72. The molecule has 0 aromatic heterocycles. The van der Waals surface area contributed by atoms with Crippen LogP contribution in [0.3, 0.4) is 0 Å². The minimum Gasteiger partial charge on any atom is -0.489 e. The van der Waals surface area contributed by atoms with Gasteiger partial charge in [0.2, 0.25) is 5.91 Å². The summed E-state index contributed by atoms with van der Waals surface area (Å²) in [6.07, 6.45) is 0.714. The average Bonchev–Trinajstić information content (AvgIpc) is 2.50. The standard InChI is InChI=1S/C18H18F2N2O2/c19-14-3-1-2-12(8-14)11-24-15-5-4-13(16(20)9-15)10-22-7-6-17(22)18(21)23/h1-5,8-9,17H,6-7,10-11H2,(H2,21,23)/t17-/m0/s1. The van der Waals surface area contributed by atoms with E-state index in [0.29, 0.717) is 29.8 Å². The summed E-state index contributed by atoms with van der Waals surface area (Å²) < 4.78 is 32.8. The summed E-state index contributed by atoms with van der Waals surface area (Å²) >= 11 is 0. The van der Waals surface area contributed by atoms with Crippen molar-refractivity contribution >= 4 is 5.91 Å². The molecule has 2 N–H and O–H groups in total. The van der Waals surface area contributed by atoms with Crippen LogP contribution in [-0.2, 0) is 17.9 Å². The third-order valence-corrected chi connectivity index (χ3v) is 4.15. The number of benzene rings is 2. The minimum absolute atomic E-state index is 0.159. The van der Waals surface area contributed by atoms with Crippen molar-refractivity contribution in [1.29, 1.82) is 0 Å². The number of carbonyl (C=O) groups is 1. The average molecular weight is 332 g/mol. The van der Waals surface area contributed by atoms with Crippen LogP contribution in [-0.4, -0.2) is 23.4 Å². The zero-order valence-corrected chi connectivity index (χ0v) is 13.0. The number of hydrogen-bond donors (Lipinski definition) is 1. The molecular weight excluding hydrogens is 314 g/mol. The first-order chi connectivity index (χ1) is 11.5. The van der Waals surface area contributed by atoms with E-state index in [2.05, 4.69) is 0 Å². The van der Waals surface area contributed by atoms with Crippen molar-refractivity contribution in [3.8, 4) is 5.75 Å². The summed E-state index contributed by atoms with van der Waals surface area (Å²) in [5.74, 6) is -0.745. The lowest BCUT2D eigenvalue weighted by molar-refractivity contribution is -0.127. The molecule has 0 radical (unpaired) electrons. The predicted octanol–water partition coefficient (Wildman–Crippen LogP) is 2.60. The first kappa shape index (κ1) is 16.4. The van der Waals surface area contributed by atoms with E-state index in [1.165, 1.54) is 18.2 Å². The van der Waals surface area contributed by atoms with Gasteiger partial charge in [-0.2, -0.15) is 0 Å². The lowest BCUT2D eigenvalue weighted by atomic mass is 10.0. The van der Waals surface area contributed by atoms with Gasteiger partial charge >= 0.3 is 0 Å². The largest absolute Gasteiger partial charge is 0.489 e. The molecule has 2 aromatic carbocycles. The summed E-state index contributed by atoms with van der Waals surface area (Å²) in [7, 11) is 0. The molecule has 0 unspecified atom stereocenters. The molecule has 126 valence electrons. The number of halogens is 2. The number of rotatable bonds is 6. The van der Waals surface area contributed by atoms with Crippen molar-refractivity contribution < 1.29 is 18.3 Å². The van der Waals surface area contributed by atoms with E-state index in [4.69, 9.17) is 10.5 Å². The van der Waals surface area contributed by atoms with E-state index in [1.54, 1.807) is 24.3 Å². The second kappa shape index (κ2) is 6.97. The van der Waals surface area contributed by atoms with Crippen molar-refractivity contribution in [1.82, 2.24) is 4.90 Å². The van der Waals surface area contributed by atoms with E-state index in [0.717, 1.165) is 6.54 Å². The fourth-order valence-electron chi connectivity index (χ4n) is 2.71. The number of nitrogens with zero attached hydrogens (tertiary/aromatic N) is 1. The van der Waals surface area contributed by atoms with Crippen molar-refractivity contribution in [2.45, 2.75) is 25.6 Å². The molecule has 2 aromatic rings. The number of likely N-dealkylation sites (tertiary alicyclic amines) is 1. The lowest BCUT2D eigenvalue weighted by Crippen LogP contribution is -2.54. The highest BCUT2D eigenvalue weighted by Gasteiger charge is 2.32. The molecule has 4 nitrogen and oxygen atoms in total. The summed E-state index contributed by atoms with van der Waals surface area (Å²) in [6.45, 7) is 1.22. The van der Waals surface area contributed by atoms with Gasteiger partial charge in [-0.1, -0.05) is 18.2 Å². The third kappa shape index (κ3) is 3.71. The zero-order chi connectivity index (χ0) is 17.1.